The second-order valence-corrected chi connectivity index (χ2v) is 7.58. The van der Waals surface area contributed by atoms with Gasteiger partial charge in [0.1, 0.15) is 5.75 Å². The van der Waals surface area contributed by atoms with Crippen molar-refractivity contribution in [2.24, 2.45) is 0 Å². The average molecular weight is 347 g/mol. The molecule has 130 valence electrons. The normalized spacial score (nSPS) is 12.9. The summed E-state index contributed by atoms with van der Waals surface area (Å²) >= 11 is 0. The molecule has 0 amide bonds. The molecular formula is C16H35NaO4S. The zero-order valence-corrected chi connectivity index (χ0v) is 17.4. The summed E-state index contributed by atoms with van der Waals surface area (Å²) in [5.74, 6) is -0.537. The van der Waals surface area contributed by atoms with Crippen molar-refractivity contribution in [3.63, 3.8) is 0 Å². The molecule has 0 aromatic heterocycles. The summed E-state index contributed by atoms with van der Waals surface area (Å²) in [6, 6.07) is 0. The van der Waals surface area contributed by atoms with E-state index in [0.29, 0.717) is 6.42 Å². The molecule has 22 heavy (non-hydrogen) atoms. The van der Waals surface area contributed by atoms with E-state index in [9.17, 15) is 13.5 Å². The van der Waals surface area contributed by atoms with Gasteiger partial charge in [-0.2, -0.15) is 8.42 Å². The molecule has 0 aliphatic heterocycles. The van der Waals surface area contributed by atoms with Crippen LogP contribution in [0.25, 0.3) is 0 Å². The van der Waals surface area contributed by atoms with Gasteiger partial charge in [-0.3, -0.25) is 4.55 Å². The number of aliphatic hydroxyl groups is 1. The van der Waals surface area contributed by atoms with Crippen LogP contribution < -0.4 is 29.6 Å². The molecule has 0 aliphatic carbocycles. The standard InChI is InChI=1S/C16H34O4S.Na.H/c1-2-3-4-5-6-7-8-9-10-11-12-13-14-16(17)15-21(18,19)20;;/h16-17H,2-15H2,1H3,(H,18,19,20);;/q;+1;-1. The zero-order chi connectivity index (χ0) is 16.0. The Kier molecular flexibility index (Phi) is 19.1. The van der Waals surface area contributed by atoms with Gasteiger partial charge in [0.15, 0.2) is 0 Å². The maximum Gasteiger partial charge on any atom is 1.00 e. The van der Waals surface area contributed by atoms with Crippen LogP contribution in [-0.2, 0) is 10.1 Å². The van der Waals surface area contributed by atoms with E-state index in [1.54, 1.807) is 0 Å². The maximum atomic E-state index is 10.6. The number of rotatable bonds is 15. The first-order chi connectivity index (χ1) is 9.95. The van der Waals surface area contributed by atoms with Crippen molar-refractivity contribution in [2.75, 3.05) is 5.75 Å². The summed E-state index contributed by atoms with van der Waals surface area (Å²) in [4.78, 5) is 0. The Bertz CT molecular complexity index is 326. The monoisotopic (exact) mass is 346 g/mol. The summed E-state index contributed by atoms with van der Waals surface area (Å²) in [5, 5.41) is 9.41. The van der Waals surface area contributed by atoms with Gasteiger partial charge in [-0.1, -0.05) is 84.0 Å². The molecule has 6 heteroatoms. The van der Waals surface area contributed by atoms with Gasteiger partial charge in [-0.05, 0) is 6.42 Å². The first-order valence-corrected chi connectivity index (χ1v) is 10.2. The maximum absolute atomic E-state index is 10.6. The van der Waals surface area contributed by atoms with Crippen LogP contribution in [0.3, 0.4) is 0 Å². The second-order valence-electron chi connectivity index (χ2n) is 6.08. The molecule has 0 bridgehead atoms. The quantitative estimate of drug-likeness (QED) is 0.267. The molecule has 4 nitrogen and oxygen atoms in total. The SMILES string of the molecule is CCCCCCCCCCCCCCC(O)CS(=O)(=O)O.[H-].[Na+]. The third-order valence-corrected chi connectivity index (χ3v) is 4.60. The van der Waals surface area contributed by atoms with Crippen LogP contribution in [0.15, 0.2) is 0 Å². The Morgan fingerprint density at radius 1 is 0.818 bits per heavy atom. The van der Waals surface area contributed by atoms with Crippen molar-refractivity contribution in [1.29, 1.82) is 0 Å². The predicted molar refractivity (Wildman–Crippen MR) is 89.2 cm³/mol. The first-order valence-electron chi connectivity index (χ1n) is 8.59. The first kappa shape index (κ1) is 25.1. The summed E-state index contributed by atoms with van der Waals surface area (Å²) in [5.41, 5.74) is 0. The van der Waals surface area contributed by atoms with E-state index in [1.165, 1.54) is 57.8 Å². The van der Waals surface area contributed by atoms with E-state index in [0.717, 1.165) is 19.3 Å². The molecule has 0 radical (unpaired) electrons. The van der Waals surface area contributed by atoms with E-state index in [2.05, 4.69) is 6.92 Å². The molecule has 0 aromatic rings. The van der Waals surface area contributed by atoms with Gasteiger partial charge in [0.25, 0.3) is 10.1 Å². The van der Waals surface area contributed by atoms with Gasteiger partial charge in [0.05, 0.1) is 6.10 Å². The number of unbranched alkanes of at least 4 members (excludes halogenated alkanes) is 11. The molecule has 0 saturated carbocycles. The number of hydrogen-bond acceptors (Lipinski definition) is 3. The zero-order valence-electron chi connectivity index (χ0n) is 15.6. The summed E-state index contributed by atoms with van der Waals surface area (Å²) in [6.45, 7) is 2.24. The average Bonchev–Trinajstić information content (AvgIpc) is 2.38. The van der Waals surface area contributed by atoms with Crippen molar-refractivity contribution >= 4 is 10.1 Å². The van der Waals surface area contributed by atoms with Crippen molar-refractivity contribution in [3.05, 3.63) is 0 Å². The fourth-order valence-electron chi connectivity index (χ4n) is 2.55. The number of aliphatic hydroxyl groups excluding tert-OH is 1. The van der Waals surface area contributed by atoms with Gasteiger partial charge in [0.2, 0.25) is 0 Å². The van der Waals surface area contributed by atoms with Crippen molar-refractivity contribution < 1.29 is 49.1 Å². The molecule has 0 rings (SSSR count). The predicted octanol–water partition coefficient (Wildman–Crippen LogP) is 1.44. The molecule has 0 spiro atoms. The third-order valence-electron chi connectivity index (χ3n) is 3.79. The van der Waals surface area contributed by atoms with E-state index < -0.39 is 22.0 Å². The Hall–Kier alpha value is 0.870. The van der Waals surface area contributed by atoms with Crippen molar-refractivity contribution in [3.8, 4) is 0 Å². The van der Waals surface area contributed by atoms with Gasteiger partial charge in [0, 0.05) is 0 Å². The Balaban J connectivity index is -0.00000200. The van der Waals surface area contributed by atoms with Crippen LogP contribution in [-0.4, -0.2) is 29.9 Å². The van der Waals surface area contributed by atoms with E-state index >= 15 is 0 Å². The Morgan fingerprint density at radius 2 is 1.18 bits per heavy atom. The Labute approximate surface area is 161 Å². The van der Waals surface area contributed by atoms with E-state index in [1.807, 2.05) is 0 Å². The van der Waals surface area contributed by atoms with Gasteiger partial charge in [-0.25, -0.2) is 0 Å². The third kappa shape index (κ3) is 20.9. The van der Waals surface area contributed by atoms with Crippen LogP contribution >= 0.6 is 0 Å². The fraction of sp³-hybridized carbons (Fsp3) is 1.00. The number of hydrogen-bond donors (Lipinski definition) is 2. The summed E-state index contributed by atoms with van der Waals surface area (Å²) in [6.07, 6.45) is 14.5. The fourth-order valence-corrected chi connectivity index (χ4v) is 3.20. The summed E-state index contributed by atoms with van der Waals surface area (Å²) in [7, 11) is -4.04. The van der Waals surface area contributed by atoms with Crippen LogP contribution in [0.4, 0.5) is 0 Å². The molecule has 1 atom stereocenters. The molecular weight excluding hydrogens is 311 g/mol. The molecule has 0 heterocycles. The Morgan fingerprint density at radius 3 is 1.55 bits per heavy atom. The van der Waals surface area contributed by atoms with Crippen molar-refractivity contribution in [2.45, 2.75) is 96.5 Å². The van der Waals surface area contributed by atoms with Gasteiger partial charge < -0.3 is 6.53 Å². The van der Waals surface area contributed by atoms with Crippen LogP contribution in [0, 0.1) is 0 Å². The van der Waals surface area contributed by atoms with E-state index in [4.69, 9.17) is 4.55 Å². The van der Waals surface area contributed by atoms with Crippen molar-refractivity contribution in [1.82, 2.24) is 0 Å². The molecule has 2 N–H and O–H groups in total. The van der Waals surface area contributed by atoms with Crippen LogP contribution in [0.2, 0.25) is 0 Å². The molecule has 0 aliphatic rings. The van der Waals surface area contributed by atoms with Crippen LogP contribution in [0.5, 0.6) is 0 Å². The minimum absolute atomic E-state index is 0. The van der Waals surface area contributed by atoms with Gasteiger partial charge >= 0.3 is 29.6 Å². The second kappa shape index (κ2) is 16.7. The topological polar surface area (TPSA) is 74.6 Å². The minimum atomic E-state index is -4.04. The minimum Gasteiger partial charge on any atom is -1.00 e. The summed E-state index contributed by atoms with van der Waals surface area (Å²) < 4.78 is 29.7. The molecule has 1 unspecified atom stereocenters. The molecule has 0 aromatic carbocycles. The van der Waals surface area contributed by atoms with E-state index in [-0.39, 0.29) is 31.0 Å². The van der Waals surface area contributed by atoms with Gasteiger partial charge in [-0.15, -0.1) is 0 Å². The largest absolute Gasteiger partial charge is 1.00 e. The molecule has 0 fully saturated rings. The van der Waals surface area contributed by atoms with Crippen LogP contribution in [0.1, 0.15) is 91.8 Å². The molecule has 0 saturated heterocycles. The smallest absolute Gasteiger partial charge is 1.00 e.